The highest BCUT2D eigenvalue weighted by molar-refractivity contribution is 7.12. The first-order valence-corrected chi connectivity index (χ1v) is 6.61. The number of carbonyl (C=O) groups excluding carboxylic acids is 1. The van der Waals surface area contributed by atoms with Crippen LogP contribution >= 0.6 is 11.3 Å². The van der Waals surface area contributed by atoms with E-state index in [1.54, 1.807) is 0 Å². The zero-order chi connectivity index (χ0) is 11.0. The molecule has 1 aromatic heterocycles. The molecule has 84 valence electrons. The monoisotopic (exact) mass is 234 g/mol. The average molecular weight is 234 g/mol. The van der Waals surface area contributed by atoms with Gasteiger partial charge in [0.25, 0.3) is 5.91 Å². The van der Waals surface area contributed by atoms with Crippen molar-refractivity contribution < 1.29 is 4.79 Å². The fourth-order valence-corrected chi connectivity index (χ4v) is 3.36. The fourth-order valence-electron chi connectivity index (χ4n) is 2.75. The van der Waals surface area contributed by atoms with E-state index in [1.165, 1.54) is 36.3 Å². The zero-order valence-electron chi connectivity index (χ0n) is 8.98. The van der Waals surface area contributed by atoms with E-state index in [9.17, 15) is 4.79 Å². The van der Waals surface area contributed by atoms with Crippen molar-refractivity contribution in [3.63, 3.8) is 0 Å². The summed E-state index contributed by atoms with van der Waals surface area (Å²) in [6, 6.07) is 3.70. The summed E-state index contributed by atoms with van der Waals surface area (Å²) in [5.41, 5.74) is 3.88. The number of nitrogens with one attached hydrogen (secondary N) is 1. The molecule has 2 aliphatic carbocycles. The number of amides is 1. The Morgan fingerprint density at radius 1 is 1.50 bits per heavy atom. The topological polar surface area (TPSA) is 41.5 Å². The molecule has 2 atom stereocenters. The number of carbonyl (C=O) groups is 1. The minimum Gasteiger partial charge on any atom is -0.266 e. The first kappa shape index (κ1) is 10.0. The van der Waals surface area contributed by atoms with Crippen LogP contribution in [0.1, 0.15) is 35.4 Å². The van der Waals surface area contributed by atoms with E-state index in [0.29, 0.717) is 5.92 Å². The summed E-state index contributed by atoms with van der Waals surface area (Å²) in [5, 5.41) is 6.19. The van der Waals surface area contributed by atoms with Crippen LogP contribution in [0.2, 0.25) is 0 Å². The minimum absolute atomic E-state index is 0.0785. The van der Waals surface area contributed by atoms with E-state index >= 15 is 0 Å². The Morgan fingerprint density at radius 3 is 3.06 bits per heavy atom. The van der Waals surface area contributed by atoms with Crippen molar-refractivity contribution in [1.29, 1.82) is 0 Å². The SMILES string of the molecule is O=C(NN=C1CC2CCC1C2)c1cccs1. The van der Waals surface area contributed by atoms with E-state index in [1.807, 2.05) is 17.5 Å². The Hall–Kier alpha value is -1.16. The molecule has 0 aromatic carbocycles. The van der Waals surface area contributed by atoms with Gasteiger partial charge in [0.15, 0.2) is 0 Å². The normalized spacial score (nSPS) is 29.9. The van der Waals surface area contributed by atoms with Crippen molar-refractivity contribution in [1.82, 2.24) is 5.43 Å². The lowest BCUT2D eigenvalue weighted by Crippen LogP contribution is -2.21. The Labute approximate surface area is 98.6 Å². The molecule has 1 amide bonds. The van der Waals surface area contributed by atoms with E-state index in [0.717, 1.165) is 17.2 Å². The minimum atomic E-state index is -0.0785. The lowest BCUT2D eigenvalue weighted by atomic mass is 9.99. The second-order valence-electron chi connectivity index (χ2n) is 4.60. The maximum atomic E-state index is 11.7. The van der Waals surface area contributed by atoms with Gasteiger partial charge in [-0.05, 0) is 49.0 Å². The highest BCUT2D eigenvalue weighted by Crippen LogP contribution is 2.42. The first-order chi connectivity index (χ1) is 7.83. The van der Waals surface area contributed by atoms with Gasteiger partial charge < -0.3 is 0 Å². The predicted octanol–water partition coefficient (Wildman–Crippen LogP) is 2.65. The number of thiophene rings is 1. The van der Waals surface area contributed by atoms with Crippen molar-refractivity contribution in [3.05, 3.63) is 22.4 Å². The highest BCUT2D eigenvalue weighted by Gasteiger charge is 2.36. The summed E-state index contributed by atoms with van der Waals surface area (Å²) in [7, 11) is 0. The number of rotatable bonds is 2. The molecule has 4 heteroatoms. The van der Waals surface area contributed by atoms with Gasteiger partial charge in [0, 0.05) is 5.71 Å². The number of nitrogens with zero attached hydrogens (tertiary/aromatic N) is 1. The van der Waals surface area contributed by atoms with Crippen molar-refractivity contribution in [2.45, 2.75) is 25.7 Å². The zero-order valence-corrected chi connectivity index (χ0v) is 9.80. The molecule has 2 aliphatic rings. The van der Waals surface area contributed by atoms with E-state index in [4.69, 9.17) is 0 Å². The number of fused-ring (bicyclic) bond motifs is 2. The third kappa shape index (κ3) is 1.78. The van der Waals surface area contributed by atoms with Crippen LogP contribution in [-0.4, -0.2) is 11.6 Å². The molecule has 0 saturated heterocycles. The molecular weight excluding hydrogens is 220 g/mol. The lowest BCUT2D eigenvalue weighted by Gasteiger charge is -2.11. The number of hydrogen-bond acceptors (Lipinski definition) is 3. The third-order valence-electron chi connectivity index (χ3n) is 3.56. The molecule has 3 nitrogen and oxygen atoms in total. The van der Waals surface area contributed by atoms with Crippen molar-refractivity contribution in [2.75, 3.05) is 0 Å². The molecule has 1 aromatic rings. The Kier molecular flexibility index (Phi) is 2.52. The molecule has 3 rings (SSSR count). The summed E-state index contributed by atoms with van der Waals surface area (Å²) in [6.45, 7) is 0. The van der Waals surface area contributed by atoms with Crippen LogP contribution in [0.5, 0.6) is 0 Å². The third-order valence-corrected chi connectivity index (χ3v) is 4.42. The van der Waals surface area contributed by atoms with Gasteiger partial charge >= 0.3 is 0 Å². The van der Waals surface area contributed by atoms with E-state index in [2.05, 4.69) is 10.5 Å². The van der Waals surface area contributed by atoms with Crippen molar-refractivity contribution >= 4 is 23.0 Å². The second kappa shape index (κ2) is 4.01. The van der Waals surface area contributed by atoms with Crippen molar-refractivity contribution in [2.24, 2.45) is 16.9 Å². The average Bonchev–Trinajstić information content (AvgIpc) is 3.01. The van der Waals surface area contributed by atoms with Crippen LogP contribution in [-0.2, 0) is 0 Å². The second-order valence-corrected chi connectivity index (χ2v) is 5.55. The van der Waals surface area contributed by atoms with Gasteiger partial charge in [0.1, 0.15) is 0 Å². The number of hydrazone groups is 1. The fraction of sp³-hybridized carbons (Fsp3) is 0.500. The molecule has 1 heterocycles. The quantitative estimate of drug-likeness (QED) is 0.785. The Morgan fingerprint density at radius 2 is 2.44 bits per heavy atom. The van der Waals surface area contributed by atoms with Crippen molar-refractivity contribution in [3.8, 4) is 0 Å². The maximum absolute atomic E-state index is 11.7. The molecule has 1 N–H and O–H groups in total. The van der Waals surface area contributed by atoms with Gasteiger partial charge in [0.2, 0.25) is 0 Å². The van der Waals surface area contributed by atoms with Crippen LogP contribution in [0.15, 0.2) is 22.6 Å². The van der Waals surface area contributed by atoms with Crippen LogP contribution < -0.4 is 5.43 Å². The first-order valence-electron chi connectivity index (χ1n) is 5.73. The van der Waals surface area contributed by atoms with Gasteiger partial charge in [-0.2, -0.15) is 5.10 Å². The molecule has 0 radical (unpaired) electrons. The van der Waals surface area contributed by atoms with Gasteiger partial charge in [-0.15, -0.1) is 11.3 Å². The van der Waals surface area contributed by atoms with Crippen LogP contribution in [0.25, 0.3) is 0 Å². The molecule has 0 aliphatic heterocycles. The largest absolute Gasteiger partial charge is 0.281 e. The highest BCUT2D eigenvalue weighted by atomic mass is 32.1. The molecule has 2 fully saturated rings. The van der Waals surface area contributed by atoms with Crippen LogP contribution in [0, 0.1) is 11.8 Å². The molecule has 0 spiro atoms. The molecular formula is C12H14N2OS. The Bertz CT molecular complexity index is 424. The van der Waals surface area contributed by atoms with Gasteiger partial charge in [-0.1, -0.05) is 6.07 Å². The lowest BCUT2D eigenvalue weighted by molar-refractivity contribution is 0.0958. The van der Waals surface area contributed by atoms with E-state index in [-0.39, 0.29) is 5.91 Å². The molecule has 2 bridgehead atoms. The molecule has 2 unspecified atom stereocenters. The molecule has 2 saturated carbocycles. The van der Waals surface area contributed by atoms with Gasteiger partial charge in [-0.3, -0.25) is 4.79 Å². The Balaban J connectivity index is 1.64. The standard InChI is InChI=1S/C12H14N2OS/c15-12(11-2-1-5-16-11)14-13-10-7-8-3-4-9(10)6-8/h1-2,5,8-9H,3-4,6-7H2,(H,14,15). The summed E-state index contributed by atoms with van der Waals surface area (Å²) in [5.74, 6) is 1.40. The summed E-state index contributed by atoms with van der Waals surface area (Å²) in [4.78, 5) is 12.4. The van der Waals surface area contributed by atoms with E-state index < -0.39 is 0 Å². The predicted molar refractivity (Wildman–Crippen MR) is 64.7 cm³/mol. The summed E-state index contributed by atoms with van der Waals surface area (Å²) < 4.78 is 0. The smallest absolute Gasteiger partial charge is 0.266 e. The van der Waals surface area contributed by atoms with Crippen LogP contribution in [0.3, 0.4) is 0 Å². The summed E-state index contributed by atoms with van der Waals surface area (Å²) in [6.07, 6.45) is 4.99. The number of hydrogen-bond donors (Lipinski definition) is 1. The summed E-state index contributed by atoms with van der Waals surface area (Å²) >= 11 is 1.45. The van der Waals surface area contributed by atoms with Crippen LogP contribution in [0.4, 0.5) is 0 Å². The maximum Gasteiger partial charge on any atom is 0.281 e. The van der Waals surface area contributed by atoms with Gasteiger partial charge in [0.05, 0.1) is 4.88 Å². The van der Waals surface area contributed by atoms with Gasteiger partial charge in [-0.25, -0.2) is 5.43 Å². The molecule has 16 heavy (non-hydrogen) atoms.